The van der Waals surface area contributed by atoms with Crippen LogP contribution >= 0.6 is 15.9 Å². The average molecular weight is 501 g/mol. The van der Waals surface area contributed by atoms with Crippen LogP contribution in [0.15, 0.2) is 55.7 Å². The third kappa shape index (κ3) is 5.73. The van der Waals surface area contributed by atoms with Gasteiger partial charge >= 0.3 is 0 Å². The molecule has 0 radical (unpaired) electrons. The topological polar surface area (TPSA) is 185 Å². The lowest BCUT2D eigenvalue weighted by atomic mass is 10.1. The summed E-state index contributed by atoms with van der Waals surface area (Å²) < 4.78 is 29.2. The maximum atomic E-state index is 13.0. The fourth-order valence-electron chi connectivity index (χ4n) is 2.63. The quantitative estimate of drug-likeness (QED) is 0.165. The Morgan fingerprint density at radius 3 is 2.57 bits per heavy atom. The molecule has 1 amide bonds. The minimum absolute atomic E-state index is 0.0192. The van der Waals surface area contributed by atoms with Gasteiger partial charge in [0.05, 0.1) is 4.90 Å². The molecule has 0 bridgehead atoms. The molecule has 0 fully saturated rings. The van der Waals surface area contributed by atoms with Gasteiger partial charge in [-0.1, -0.05) is 22.0 Å². The number of halogens is 1. The smallest absolute Gasteiger partial charge is 0.275 e. The summed E-state index contributed by atoms with van der Waals surface area (Å²) in [5, 5.41) is 3.34. The number of aryl methyl sites for hydroxylation is 1. The highest BCUT2D eigenvalue weighted by atomic mass is 79.9. The number of nitrogens with two attached hydrogens (primary N) is 3. The lowest BCUT2D eigenvalue weighted by molar-refractivity contribution is -0.121. The van der Waals surface area contributed by atoms with Crippen LogP contribution in [-0.2, 0) is 19.7 Å². The number of nitrogens with zero attached hydrogens (tertiary/aromatic N) is 2. The van der Waals surface area contributed by atoms with Gasteiger partial charge in [-0.05, 0) is 42.4 Å². The van der Waals surface area contributed by atoms with Crippen molar-refractivity contribution in [2.75, 3.05) is 11.3 Å². The molecule has 0 saturated carbocycles. The van der Waals surface area contributed by atoms with Crippen LogP contribution in [0.2, 0.25) is 0 Å². The Kier molecular flexibility index (Phi) is 7.45. The number of anilines is 1. The van der Waals surface area contributed by atoms with Crippen LogP contribution in [0.1, 0.15) is 18.2 Å². The number of guanidine groups is 1. The first-order chi connectivity index (χ1) is 14.0. The molecule has 1 aromatic heterocycles. The number of hydrogen-bond acceptors (Lipinski definition) is 6. The lowest BCUT2D eigenvalue weighted by Gasteiger charge is -2.20. The normalized spacial score (nSPS) is 12.1. The van der Waals surface area contributed by atoms with Crippen molar-refractivity contribution in [3.05, 3.63) is 56.9 Å². The van der Waals surface area contributed by atoms with E-state index in [0.717, 1.165) is 4.57 Å². The maximum absolute atomic E-state index is 13.0. The Bertz CT molecular complexity index is 1130. The van der Waals surface area contributed by atoms with E-state index in [-0.39, 0.29) is 29.6 Å². The van der Waals surface area contributed by atoms with Gasteiger partial charge in [-0.15, -0.1) is 0 Å². The fourth-order valence-corrected chi connectivity index (χ4v) is 4.28. The zero-order valence-corrected chi connectivity index (χ0v) is 18.3. The zero-order valence-electron chi connectivity index (χ0n) is 15.9. The van der Waals surface area contributed by atoms with Gasteiger partial charge in [-0.2, -0.15) is 0 Å². The van der Waals surface area contributed by atoms with E-state index < -0.39 is 27.5 Å². The van der Waals surface area contributed by atoms with Crippen molar-refractivity contribution in [1.29, 1.82) is 0 Å². The molecule has 0 saturated heterocycles. The highest BCUT2D eigenvalue weighted by Gasteiger charge is 2.24. The molecule has 1 atom stereocenters. The molecule has 0 aliphatic rings. The number of pyridine rings is 1. The summed E-state index contributed by atoms with van der Waals surface area (Å²) in [4.78, 5) is 29.7. The molecule has 2 aromatic rings. The predicted molar refractivity (Wildman–Crippen MR) is 115 cm³/mol. The van der Waals surface area contributed by atoms with Gasteiger partial charge in [0.2, 0.25) is 11.9 Å². The molecule has 1 unspecified atom stereocenters. The number of carbonyl (C=O) groups excluding carboxylic acids is 1. The molecule has 2 rings (SSSR count). The van der Waals surface area contributed by atoms with Crippen LogP contribution in [0.4, 0.5) is 5.69 Å². The van der Waals surface area contributed by atoms with Gasteiger partial charge in [-0.3, -0.25) is 18.9 Å². The summed E-state index contributed by atoms with van der Waals surface area (Å²) in [5.41, 5.74) is 15.2. The highest BCUT2D eigenvalue weighted by molar-refractivity contribution is 9.10. The van der Waals surface area contributed by atoms with E-state index in [1.165, 1.54) is 24.3 Å². The first-order valence-corrected chi connectivity index (χ1v) is 10.8. The Balaban J connectivity index is 2.39. The van der Waals surface area contributed by atoms with Crippen molar-refractivity contribution in [3.63, 3.8) is 0 Å². The number of amides is 1. The van der Waals surface area contributed by atoms with E-state index in [4.69, 9.17) is 22.0 Å². The molecular formula is C17H21BrN6O5S. The van der Waals surface area contributed by atoms with E-state index in [9.17, 15) is 18.0 Å². The largest absolute Gasteiger partial charge is 0.393 e. The van der Waals surface area contributed by atoms with Crippen LogP contribution in [0, 0.1) is 6.92 Å². The summed E-state index contributed by atoms with van der Waals surface area (Å²) >= 11 is 3.20. The van der Waals surface area contributed by atoms with Crippen LogP contribution in [0.25, 0.3) is 0 Å². The van der Waals surface area contributed by atoms with E-state index in [2.05, 4.69) is 25.8 Å². The van der Waals surface area contributed by atoms with Crippen molar-refractivity contribution >= 4 is 43.5 Å². The van der Waals surface area contributed by atoms with Gasteiger partial charge in [0.25, 0.3) is 15.6 Å². The average Bonchev–Trinajstić information content (AvgIpc) is 2.65. The number of nitrogens with one attached hydrogen (secondary N) is 1. The molecule has 11 nitrogen and oxygen atoms in total. The monoisotopic (exact) mass is 500 g/mol. The van der Waals surface area contributed by atoms with Gasteiger partial charge in [0.1, 0.15) is 18.3 Å². The second-order valence-corrected chi connectivity index (χ2v) is 8.78. The molecule has 7 N–H and O–H groups in total. The van der Waals surface area contributed by atoms with Crippen molar-refractivity contribution in [2.45, 2.75) is 24.3 Å². The molecule has 0 spiro atoms. The number of benzene rings is 1. The third-order valence-corrected chi connectivity index (χ3v) is 5.82. The fraction of sp³-hybridized carbons (Fsp3) is 0.235. The minimum atomic E-state index is -4.04. The number of oxime groups is 1. The number of sulfonamides is 1. The lowest BCUT2D eigenvalue weighted by Crippen LogP contribution is -2.37. The second-order valence-electron chi connectivity index (χ2n) is 6.18. The number of carbonyl (C=O) groups is 1. The molecule has 0 aliphatic heterocycles. The van der Waals surface area contributed by atoms with Crippen molar-refractivity contribution in [1.82, 2.24) is 4.57 Å². The summed E-state index contributed by atoms with van der Waals surface area (Å²) in [7, 11) is -4.04. The standard InChI is InChI=1S/C17H21BrN6O5S/c1-10-5-6-13(23-30(27,28)12-4-2-3-11(18)9-12)16(26)24(10)14(15(19)25)7-8-29-22-17(20)21/h2-6,9,14,23H,7-8H2,1H3,(H2,19,25)(H4,20,21,22). The second kappa shape index (κ2) is 9.63. The predicted octanol–water partition coefficient (Wildman–Crippen LogP) is 0.342. The van der Waals surface area contributed by atoms with Crippen LogP contribution in [-0.4, -0.2) is 31.5 Å². The number of rotatable bonds is 9. The first-order valence-electron chi connectivity index (χ1n) is 8.53. The van der Waals surface area contributed by atoms with Crippen molar-refractivity contribution in [2.24, 2.45) is 22.4 Å². The Labute approximate surface area is 181 Å². The van der Waals surface area contributed by atoms with E-state index >= 15 is 0 Å². The van der Waals surface area contributed by atoms with Crippen molar-refractivity contribution < 1.29 is 18.0 Å². The van der Waals surface area contributed by atoms with E-state index in [0.29, 0.717) is 10.2 Å². The molecular weight excluding hydrogens is 480 g/mol. The summed E-state index contributed by atoms with van der Waals surface area (Å²) in [6.07, 6.45) is -0.0192. The van der Waals surface area contributed by atoms with Crippen molar-refractivity contribution in [3.8, 4) is 0 Å². The number of aromatic nitrogens is 1. The van der Waals surface area contributed by atoms with E-state index in [1.54, 1.807) is 19.1 Å². The van der Waals surface area contributed by atoms with Gasteiger partial charge in [0.15, 0.2) is 0 Å². The summed E-state index contributed by atoms with van der Waals surface area (Å²) in [6.45, 7) is 1.48. The zero-order chi connectivity index (χ0) is 22.5. The Morgan fingerprint density at radius 2 is 1.97 bits per heavy atom. The molecule has 162 valence electrons. The maximum Gasteiger partial charge on any atom is 0.275 e. The third-order valence-electron chi connectivity index (χ3n) is 3.96. The Morgan fingerprint density at radius 1 is 1.27 bits per heavy atom. The first kappa shape index (κ1) is 23.2. The summed E-state index contributed by atoms with van der Waals surface area (Å²) in [5.74, 6) is -1.11. The van der Waals surface area contributed by atoms with Crippen LogP contribution < -0.4 is 27.5 Å². The van der Waals surface area contributed by atoms with E-state index in [1.807, 2.05) is 0 Å². The molecule has 30 heavy (non-hydrogen) atoms. The highest BCUT2D eigenvalue weighted by Crippen LogP contribution is 2.20. The molecule has 0 aliphatic carbocycles. The molecule has 13 heteroatoms. The van der Waals surface area contributed by atoms with Crippen LogP contribution in [0.5, 0.6) is 0 Å². The van der Waals surface area contributed by atoms with Crippen LogP contribution in [0.3, 0.4) is 0 Å². The Hall–Kier alpha value is -3.06. The number of hydrogen-bond donors (Lipinski definition) is 4. The van der Waals surface area contributed by atoms with Gasteiger partial charge in [0, 0.05) is 16.6 Å². The minimum Gasteiger partial charge on any atom is -0.393 e. The van der Waals surface area contributed by atoms with Gasteiger partial charge in [-0.25, -0.2) is 8.42 Å². The summed E-state index contributed by atoms with van der Waals surface area (Å²) in [6, 6.07) is 7.69. The SMILES string of the molecule is Cc1ccc(NS(=O)(=O)c2cccc(Br)c2)c(=O)n1C(CCON=C(N)N)C(N)=O. The number of primary amides is 1. The molecule has 1 heterocycles. The molecule has 1 aromatic carbocycles. The van der Waals surface area contributed by atoms with Gasteiger partial charge < -0.3 is 22.0 Å².